The van der Waals surface area contributed by atoms with Crippen LogP contribution in [0.3, 0.4) is 0 Å². The van der Waals surface area contributed by atoms with E-state index >= 15 is 0 Å². The molecular formula is C22H22N4O2S. The van der Waals surface area contributed by atoms with E-state index in [0.29, 0.717) is 12.5 Å². The Morgan fingerprint density at radius 2 is 1.76 bits per heavy atom. The Kier molecular flexibility index (Phi) is 5.07. The second-order valence-electron chi connectivity index (χ2n) is 7.03. The average Bonchev–Trinajstić information content (AvgIpc) is 2.74. The molecule has 0 spiro atoms. The first kappa shape index (κ1) is 19.1. The van der Waals surface area contributed by atoms with Crippen molar-refractivity contribution >= 4 is 27.2 Å². The third-order valence-electron chi connectivity index (χ3n) is 5.03. The lowest BCUT2D eigenvalue weighted by molar-refractivity contribution is 0.595. The molecular weight excluding hydrogens is 384 g/mol. The van der Waals surface area contributed by atoms with E-state index in [9.17, 15) is 8.42 Å². The van der Waals surface area contributed by atoms with E-state index < -0.39 is 9.84 Å². The fourth-order valence-corrected chi connectivity index (χ4v) is 4.60. The van der Waals surface area contributed by atoms with Gasteiger partial charge in [-0.2, -0.15) is 4.98 Å². The van der Waals surface area contributed by atoms with Gasteiger partial charge in [-0.3, -0.25) is 0 Å². The molecule has 6 nitrogen and oxygen atoms in total. The van der Waals surface area contributed by atoms with E-state index in [1.54, 1.807) is 24.3 Å². The van der Waals surface area contributed by atoms with Crippen molar-refractivity contribution in [1.82, 2.24) is 9.97 Å². The third-order valence-corrected chi connectivity index (χ3v) is 6.81. The number of aryl methyl sites for hydroxylation is 1. The zero-order valence-corrected chi connectivity index (χ0v) is 16.9. The maximum absolute atomic E-state index is 12.9. The van der Waals surface area contributed by atoms with E-state index in [-0.39, 0.29) is 15.6 Å². The van der Waals surface area contributed by atoms with Gasteiger partial charge in [0.25, 0.3) is 0 Å². The van der Waals surface area contributed by atoms with Crippen molar-refractivity contribution in [3.05, 3.63) is 78.0 Å². The molecule has 0 radical (unpaired) electrons. The van der Waals surface area contributed by atoms with Crippen molar-refractivity contribution in [2.75, 3.05) is 23.7 Å². The molecule has 1 aliphatic heterocycles. The van der Waals surface area contributed by atoms with E-state index in [1.165, 1.54) is 17.3 Å². The number of nitrogens with two attached hydrogens (primary N) is 1. The summed E-state index contributed by atoms with van der Waals surface area (Å²) in [4.78, 5) is 10.7. The fraction of sp³-hybridized carbons (Fsp3) is 0.182. The Morgan fingerprint density at radius 3 is 2.38 bits per heavy atom. The highest BCUT2D eigenvalue weighted by molar-refractivity contribution is 7.91. The van der Waals surface area contributed by atoms with Crippen molar-refractivity contribution < 1.29 is 8.42 Å². The number of hydrogen-bond donors (Lipinski definition) is 1. The van der Waals surface area contributed by atoms with Gasteiger partial charge in [0.15, 0.2) is 0 Å². The first-order valence-electron chi connectivity index (χ1n) is 9.39. The van der Waals surface area contributed by atoms with Gasteiger partial charge in [0, 0.05) is 13.1 Å². The average molecular weight is 407 g/mol. The molecule has 0 unspecified atom stereocenters. The summed E-state index contributed by atoms with van der Waals surface area (Å²) in [5.41, 5.74) is 9.51. The van der Waals surface area contributed by atoms with Crippen LogP contribution in [0.1, 0.15) is 17.5 Å². The van der Waals surface area contributed by atoms with E-state index in [0.717, 1.165) is 18.5 Å². The van der Waals surface area contributed by atoms with Gasteiger partial charge in [-0.15, -0.1) is 0 Å². The highest BCUT2D eigenvalue weighted by Crippen LogP contribution is 2.28. The summed E-state index contributed by atoms with van der Waals surface area (Å²) in [7, 11) is -3.76. The predicted octanol–water partition coefficient (Wildman–Crippen LogP) is 3.49. The molecule has 4 rings (SSSR count). The van der Waals surface area contributed by atoms with Crippen LogP contribution in [0.4, 0.5) is 11.8 Å². The van der Waals surface area contributed by atoms with Gasteiger partial charge in [0.2, 0.25) is 15.8 Å². The van der Waals surface area contributed by atoms with Crippen LogP contribution < -0.4 is 10.6 Å². The van der Waals surface area contributed by atoms with Gasteiger partial charge in [-0.1, -0.05) is 54.1 Å². The van der Waals surface area contributed by atoms with Gasteiger partial charge in [-0.25, -0.2) is 13.4 Å². The zero-order valence-electron chi connectivity index (χ0n) is 16.1. The van der Waals surface area contributed by atoms with Gasteiger partial charge >= 0.3 is 0 Å². The molecule has 2 heterocycles. The highest BCUT2D eigenvalue weighted by Gasteiger charge is 2.24. The van der Waals surface area contributed by atoms with E-state index in [2.05, 4.69) is 28.2 Å². The lowest BCUT2D eigenvalue weighted by Gasteiger charge is -2.27. The van der Waals surface area contributed by atoms with Crippen molar-refractivity contribution in [1.29, 1.82) is 0 Å². The minimum Gasteiger partial charge on any atom is -0.382 e. The summed E-state index contributed by atoms with van der Waals surface area (Å²) in [5.74, 6) is 0.405. The molecule has 0 saturated carbocycles. The first-order valence-corrected chi connectivity index (χ1v) is 10.9. The molecule has 0 saturated heterocycles. The van der Waals surface area contributed by atoms with Gasteiger partial charge in [0.05, 0.1) is 11.1 Å². The Labute approximate surface area is 170 Å². The molecule has 2 aromatic carbocycles. The van der Waals surface area contributed by atoms with Crippen LogP contribution in [0, 0.1) is 6.92 Å². The normalized spacial score (nSPS) is 14.5. The minimum atomic E-state index is -3.76. The Balaban J connectivity index is 1.57. The summed E-state index contributed by atoms with van der Waals surface area (Å²) in [5, 5.41) is 0. The number of rotatable bonds is 4. The van der Waals surface area contributed by atoms with Gasteiger partial charge < -0.3 is 10.6 Å². The molecule has 29 heavy (non-hydrogen) atoms. The summed E-state index contributed by atoms with van der Waals surface area (Å²) in [6.07, 6.45) is 4.31. The number of nitrogens with zero attached hydrogens (tertiary/aromatic N) is 3. The Morgan fingerprint density at radius 1 is 1.03 bits per heavy atom. The Bertz CT molecular complexity index is 1160. The summed E-state index contributed by atoms with van der Waals surface area (Å²) in [6, 6.07) is 16.9. The van der Waals surface area contributed by atoms with Crippen LogP contribution in [0.5, 0.6) is 0 Å². The quantitative estimate of drug-likeness (QED) is 0.713. The maximum atomic E-state index is 12.9. The van der Waals surface area contributed by atoms with Crippen LogP contribution in [0.15, 0.2) is 76.7 Å². The minimum absolute atomic E-state index is 0.0339. The fourth-order valence-electron chi connectivity index (χ4n) is 3.34. The molecule has 3 aromatic rings. The van der Waals surface area contributed by atoms with Crippen molar-refractivity contribution in [3.63, 3.8) is 0 Å². The van der Waals surface area contributed by atoms with Gasteiger partial charge in [0.1, 0.15) is 10.7 Å². The second-order valence-corrected chi connectivity index (χ2v) is 8.95. The van der Waals surface area contributed by atoms with Crippen LogP contribution >= 0.6 is 0 Å². The first-order chi connectivity index (χ1) is 13.9. The molecule has 7 heteroatoms. The van der Waals surface area contributed by atoms with E-state index in [1.807, 2.05) is 30.0 Å². The maximum Gasteiger partial charge on any atom is 0.227 e. The Hall–Kier alpha value is -3.19. The topological polar surface area (TPSA) is 89.2 Å². The molecule has 0 atom stereocenters. The van der Waals surface area contributed by atoms with Crippen molar-refractivity contribution in [2.45, 2.75) is 23.1 Å². The number of nitrogen functional groups attached to an aromatic ring is 1. The van der Waals surface area contributed by atoms with Crippen LogP contribution in [0.25, 0.3) is 5.57 Å². The molecule has 1 aliphatic rings. The number of aromatic nitrogens is 2. The van der Waals surface area contributed by atoms with Crippen molar-refractivity contribution in [3.8, 4) is 0 Å². The van der Waals surface area contributed by atoms with Crippen LogP contribution in [-0.4, -0.2) is 31.5 Å². The highest BCUT2D eigenvalue weighted by atomic mass is 32.2. The third kappa shape index (κ3) is 3.86. The summed E-state index contributed by atoms with van der Waals surface area (Å²) in [6.45, 7) is 3.29. The zero-order chi connectivity index (χ0) is 20.4. The SMILES string of the molecule is Cc1ccc(S(=O)(=O)c2cnc(N3CC=C(c4ccccc4)CC3)nc2N)cc1. The predicted molar refractivity (Wildman–Crippen MR) is 114 cm³/mol. The standard InChI is InChI=1S/C22H22N4O2S/c1-16-7-9-19(10-8-16)29(27,28)20-15-24-22(25-21(20)23)26-13-11-18(12-14-26)17-5-3-2-4-6-17/h2-11,15H,12-14H2,1H3,(H2,23,24,25). The lowest BCUT2D eigenvalue weighted by Crippen LogP contribution is -2.30. The molecule has 0 amide bonds. The number of sulfone groups is 1. The number of hydrogen-bond acceptors (Lipinski definition) is 6. The summed E-state index contributed by atoms with van der Waals surface area (Å²) >= 11 is 0. The smallest absolute Gasteiger partial charge is 0.227 e. The summed E-state index contributed by atoms with van der Waals surface area (Å²) < 4.78 is 25.7. The molecule has 148 valence electrons. The molecule has 0 bridgehead atoms. The second kappa shape index (κ2) is 7.67. The van der Waals surface area contributed by atoms with Crippen molar-refractivity contribution in [2.24, 2.45) is 0 Å². The number of anilines is 2. The van der Waals surface area contributed by atoms with Crippen LogP contribution in [-0.2, 0) is 9.84 Å². The van der Waals surface area contributed by atoms with E-state index in [4.69, 9.17) is 5.73 Å². The molecule has 0 fully saturated rings. The number of benzene rings is 2. The van der Waals surface area contributed by atoms with Gasteiger partial charge in [-0.05, 0) is 36.6 Å². The largest absolute Gasteiger partial charge is 0.382 e. The monoisotopic (exact) mass is 406 g/mol. The molecule has 0 aliphatic carbocycles. The molecule has 1 aromatic heterocycles. The lowest BCUT2D eigenvalue weighted by atomic mass is 10.00. The van der Waals surface area contributed by atoms with Crippen LogP contribution in [0.2, 0.25) is 0 Å². The molecule has 2 N–H and O–H groups in total.